The number of benzene rings is 1. The summed E-state index contributed by atoms with van der Waals surface area (Å²) in [5.41, 5.74) is 0.385. The summed E-state index contributed by atoms with van der Waals surface area (Å²) in [5.74, 6) is -1.21. The number of carbonyl (C=O) groups excluding carboxylic acids is 2. The van der Waals surface area contributed by atoms with Crippen LogP contribution in [0.4, 0.5) is 5.69 Å². The maximum atomic E-state index is 12.1. The number of hydrogen-bond acceptors (Lipinski definition) is 5. The van der Waals surface area contributed by atoms with Crippen molar-refractivity contribution < 1.29 is 22.7 Å². The first kappa shape index (κ1) is 16.3. The van der Waals surface area contributed by atoms with Gasteiger partial charge in [0.15, 0.2) is 9.84 Å². The molecule has 0 aromatic heterocycles. The molecule has 1 aromatic carbocycles. The van der Waals surface area contributed by atoms with Gasteiger partial charge in [0.05, 0.1) is 24.3 Å². The SMILES string of the molecule is COc1ccccc1NC(=O)C(=O)N(C)C1CCS(=O)(=O)C1. The van der Waals surface area contributed by atoms with Crippen LogP contribution >= 0.6 is 0 Å². The van der Waals surface area contributed by atoms with Crippen LogP contribution in [0.1, 0.15) is 6.42 Å². The Morgan fingerprint density at radius 1 is 1.32 bits per heavy atom. The van der Waals surface area contributed by atoms with Gasteiger partial charge in [0.2, 0.25) is 0 Å². The van der Waals surface area contributed by atoms with Crippen LogP contribution in [0, 0.1) is 0 Å². The molecule has 1 aliphatic rings. The monoisotopic (exact) mass is 326 g/mol. The van der Waals surface area contributed by atoms with E-state index in [-0.39, 0.29) is 11.5 Å². The second kappa shape index (κ2) is 6.35. The third-order valence-corrected chi connectivity index (χ3v) is 5.38. The Bertz CT molecular complexity index is 686. The first-order valence-corrected chi connectivity index (χ1v) is 8.58. The molecule has 7 nitrogen and oxygen atoms in total. The third-order valence-electron chi connectivity index (χ3n) is 3.63. The number of carbonyl (C=O) groups is 2. The molecule has 22 heavy (non-hydrogen) atoms. The number of methoxy groups -OCH3 is 1. The van der Waals surface area contributed by atoms with E-state index in [2.05, 4.69) is 5.32 Å². The summed E-state index contributed by atoms with van der Waals surface area (Å²) in [6, 6.07) is 6.26. The van der Waals surface area contributed by atoms with Gasteiger partial charge in [-0.2, -0.15) is 0 Å². The molecule has 1 aromatic rings. The average molecular weight is 326 g/mol. The number of amides is 2. The molecule has 2 rings (SSSR count). The average Bonchev–Trinajstić information content (AvgIpc) is 2.86. The zero-order chi connectivity index (χ0) is 16.3. The van der Waals surface area contributed by atoms with Crippen LogP contribution < -0.4 is 10.1 Å². The van der Waals surface area contributed by atoms with Crippen LogP contribution in [-0.4, -0.2) is 56.8 Å². The summed E-state index contributed by atoms with van der Waals surface area (Å²) in [6.45, 7) is 0. The van der Waals surface area contributed by atoms with E-state index in [1.165, 1.54) is 19.1 Å². The van der Waals surface area contributed by atoms with Crippen molar-refractivity contribution in [2.75, 3.05) is 31.0 Å². The van der Waals surface area contributed by atoms with Crippen LogP contribution in [0.3, 0.4) is 0 Å². The lowest BCUT2D eigenvalue weighted by atomic mass is 10.2. The molecule has 0 spiro atoms. The Morgan fingerprint density at radius 2 is 2.00 bits per heavy atom. The minimum absolute atomic E-state index is 0.0451. The van der Waals surface area contributed by atoms with Gasteiger partial charge in [-0.25, -0.2) is 8.42 Å². The number of likely N-dealkylation sites (N-methyl/N-ethyl adjacent to an activating group) is 1. The number of hydrogen-bond donors (Lipinski definition) is 1. The minimum atomic E-state index is -3.11. The van der Waals surface area contributed by atoms with Gasteiger partial charge >= 0.3 is 11.8 Å². The van der Waals surface area contributed by atoms with E-state index in [4.69, 9.17) is 4.74 Å². The highest BCUT2D eigenvalue weighted by Gasteiger charge is 2.34. The van der Waals surface area contributed by atoms with Crippen molar-refractivity contribution in [2.45, 2.75) is 12.5 Å². The van der Waals surface area contributed by atoms with Crippen molar-refractivity contribution in [2.24, 2.45) is 0 Å². The topological polar surface area (TPSA) is 92.8 Å². The van der Waals surface area contributed by atoms with Gasteiger partial charge in [-0.05, 0) is 18.6 Å². The zero-order valence-corrected chi connectivity index (χ0v) is 13.2. The Kier molecular flexibility index (Phi) is 4.70. The number of para-hydroxylation sites is 2. The largest absolute Gasteiger partial charge is 0.495 e. The van der Waals surface area contributed by atoms with Gasteiger partial charge < -0.3 is 15.0 Å². The summed E-state index contributed by atoms with van der Waals surface area (Å²) < 4.78 is 28.0. The predicted molar refractivity (Wildman–Crippen MR) is 81.5 cm³/mol. The van der Waals surface area contributed by atoms with Crippen LogP contribution in [0.15, 0.2) is 24.3 Å². The maximum absolute atomic E-state index is 12.1. The van der Waals surface area contributed by atoms with Crippen LogP contribution in [-0.2, 0) is 19.4 Å². The molecule has 1 N–H and O–H groups in total. The summed E-state index contributed by atoms with van der Waals surface area (Å²) in [4.78, 5) is 25.3. The fourth-order valence-electron chi connectivity index (χ4n) is 2.33. The second-order valence-electron chi connectivity index (χ2n) is 5.13. The van der Waals surface area contributed by atoms with E-state index >= 15 is 0 Å². The number of sulfone groups is 1. The van der Waals surface area contributed by atoms with E-state index in [9.17, 15) is 18.0 Å². The third kappa shape index (κ3) is 3.56. The van der Waals surface area contributed by atoms with E-state index in [0.29, 0.717) is 17.9 Å². The standard InChI is InChI=1S/C14H18N2O5S/c1-16(10-7-8-22(19,20)9-10)14(18)13(17)15-11-5-3-4-6-12(11)21-2/h3-6,10H,7-9H2,1-2H3,(H,15,17). The zero-order valence-electron chi connectivity index (χ0n) is 12.4. The molecule has 1 fully saturated rings. The lowest BCUT2D eigenvalue weighted by Gasteiger charge is -2.22. The Balaban J connectivity index is 2.05. The number of ether oxygens (including phenoxy) is 1. The lowest BCUT2D eigenvalue weighted by molar-refractivity contribution is -0.143. The van der Waals surface area contributed by atoms with Gasteiger partial charge in [-0.1, -0.05) is 12.1 Å². The van der Waals surface area contributed by atoms with Gasteiger partial charge in [0, 0.05) is 13.1 Å². The summed E-state index contributed by atoms with van der Waals surface area (Å²) >= 11 is 0. The first-order valence-electron chi connectivity index (χ1n) is 6.75. The molecule has 0 saturated carbocycles. The second-order valence-corrected chi connectivity index (χ2v) is 7.36. The predicted octanol–water partition coefficient (Wildman–Crippen LogP) is 0.279. The van der Waals surface area contributed by atoms with Gasteiger partial charge in [0.25, 0.3) is 0 Å². The van der Waals surface area contributed by atoms with Crippen LogP contribution in [0.2, 0.25) is 0 Å². The van der Waals surface area contributed by atoms with Crippen molar-refractivity contribution in [1.29, 1.82) is 0 Å². The van der Waals surface area contributed by atoms with Crippen molar-refractivity contribution >= 4 is 27.3 Å². The molecule has 8 heteroatoms. The Labute approximate surface area is 129 Å². The van der Waals surface area contributed by atoms with Gasteiger partial charge in [-0.3, -0.25) is 9.59 Å². The normalized spacial score (nSPS) is 19.5. The molecule has 1 heterocycles. The fraction of sp³-hybridized carbons (Fsp3) is 0.429. The van der Waals surface area contributed by atoms with Gasteiger partial charge in [-0.15, -0.1) is 0 Å². The number of nitrogens with one attached hydrogen (secondary N) is 1. The summed E-state index contributed by atoms with van der Waals surface area (Å²) in [5, 5.41) is 2.48. The highest BCUT2D eigenvalue weighted by Crippen LogP contribution is 2.23. The molecule has 1 saturated heterocycles. The lowest BCUT2D eigenvalue weighted by Crippen LogP contribution is -2.43. The van der Waals surface area contributed by atoms with Crippen molar-refractivity contribution in [3.05, 3.63) is 24.3 Å². The van der Waals surface area contributed by atoms with Crippen LogP contribution in [0.25, 0.3) is 0 Å². The molecule has 1 aliphatic heterocycles. The highest BCUT2D eigenvalue weighted by molar-refractivity contribution is 7.91. The molecule has 0 bridgehead atoms. The molecule has 1 atom stereocenters. The van der Waals surface area contributed by atoms with E-state index in [1.807, 2.05) is 0 Å². The minimum Gasteiger partial charge on any atom is -0.495 e. The van der Waals surface area contributed by atoms with E-state index in [1.54, 1.807) is 24.3 Å². The smallest absolute Gasteiger partial charge is 0.314 e. The van der Waals surface area contributed by atoms with Gasteiger partial charge in [0.1, 0.15) is 5.75 Å². The maximum Gasteiger partial charge on any atom is 0.314 e. The quantitative estimate of drug-likeness (QED) is 0.805. The molecule has 0 aliphatic carbocycles. The summed E-state index contributed by atoms with van der Waals surface area (Å²) in [7, 11) is -0.214. The molecular weight excluding hydrogens is 308 g/mol. The fourth-order valence-corrected chi connectivity index (χ4v) is 4.10. The molecule has 0 radical (unpaired) electrons. The Morgan fingerprint density at radius 3 is 2.59 bits per heavy atom. The van der Waals surface area contributed by atoms with E-state index in [0.717, 1.165) is 0 Å². The van der Waals surface area contributed by atoms with Crippen molar-refractivity contribution in [3.63, 3.8) is 0 Å². The molecule has 120 valence electrons. The van der Waals surface area contributed by atoms with Crippen molar-refractivity contribution in [1.82, 2.24) is 4.90 Å². The molecular formula is C14H18N2O5S. The van der Waals surface area contributed by atoms with Crippen LogP contribution in [0.5, 0.6) is 5.75 Å². The highest BCUT2D eigenvalue weighted by atomic mass is 32.2. The molecule has 2 amide bonds. The number of rotatable bonds is 3. The summed E-state index contributed by atoms with van der Waals surface area (Å²) in [6.07, 6.45) is 0.354. The van der Waals surface area contributed by atoms with Crippen molar-refractivity contribution in [3.8, 4) is 5.75 Å². The number of anilines is 1. The number of nitrogens with zero attached hydrogens (tertiary/aromatic N) is 1. The molecule has 1 unspecified atom stereocenters. The first-order chi connectivity index (χ1) is 10.3. The Hall–Kier alpha value is -2.09. The van der Waals surface area contributed by atoms with E-state index < -0.39 is 27.7 Å².